The Morgan fingerprint density at radius 1 is 0.915 bits per heavy atom. The van der Waals surface area contributed by atoms with Crippen LogP contribution in [0.3, 0.4) is 0 Å². The van der Waals surface area contributed by atoms with Gasteiger partial charge in [-0.3, -0.25) is 9.05 Å². The normalized spacial score (nSPS) is 20.6. The monoisotopic (exact) mass is 841 g/mol. The number of aryl methyl sites for hydroxylation is 1. The lowest BCUT2D eigenvalue weighted by Gasteiger charge is -2.24. The van der Waals surface area contributed by atoms with Gasteiger partial charge in [-0.25, -0.2) is 14.1 Å². The van der Waals surface area contributed by atoms with E-state index in [1.807, 2.05) is 6.07 Å². The number of nitrogens with zero attached hydrogens (tertiary/aromatic N) is 5. The minimum absolute atomic E-state index is 0.0563. The highest BCUT2D eigenvalue weighted by atomic mass is 31.2. The number of ether oxygens (including phenoxy) is 4. The molecule has 1 unspecified atom stereocenters. The number of benzene rings is 1. The first kappa shape index (κ1) is 48.2. The van der Waals surface area contributed by atoms with Crippen LogP contribution in [0.1, 0.15) is 132 Å². The number of aromatic nitrogens is 3. The van der Waals surface area contributed by atoms with E-state index in [0.29, 0.717) is 34.7 Å². The smallest absolute Gasteiger partial charge is 0.472 e. The number of rotatable bonds is 30. The molecule has 1 aliphatic heterocycles. The summed E-state index contributed by atoms with van der Waals surface area (Å²) in [6.45, 7) is 3.54. The van der Waals surface area contributed by atoms with Crippen molar-refractivity contribution in [3.8, 4) is 17.9 Å². The van der Waals surface area contributed by atoms with E-state index < -0.39 is 44.4 Å². The highest BCUT2D eigenvalue weighted by Gasteiger charge is 2.58. The van der Waals surface area contributed by atoms with Gasteiger partial charge in [-0.1, -0.05) is 109 Å². The van der Waals surface area contributed by atoms with E-state index in [0.717, 1.165) is 19.3 Å². The summed E-state index contributed by atoms with van der Waals surface area (Å²) in [6, 6.07) is 12.3. The van der Waals surface area contributed by atoms with E-state index in [4.69, 9.17) is 28.0 Å². The van der Waals surface area contributed by atoms with Gasteiger partial charge in [0.1, 0.15) is 48.6 Å². The van der Waals surface area contributed by atoms with E-state index in [-0.39, 0.29) is 25.5 Å². The first-order chi connectivity index (χ1) is 28.6. The van der Waals surface area contributed by atoms with Crippen LogP contribution in [0, 0.1) is 29.6 Å². The van der Waals surface area contributed by atoms with Crippen molar-refractivity contribution in [2.75, 3.05) is 33.5 Å². The summed E-state index contributed by atoms with van der Waals surface area (Å²) in [5, 5.41) is 45.7. The number of fused-ring (bicyclic) bond motifs is 1. The van der Waals surface area contributed by atoms with Crippen molar-refractivity contribution >= 4 is 13.3 Å². The third-order valence-corrected chi connectivity index (χ3v) is 11.7. The Morgan fingerprint density at radius 2 is 1.56 bits per heavy atom. The largest absolute Gasteiger partial charge is 0.495 e. The van der Waals surface area contributed by atoms with Gasteiger partial charge in [-0.2, -0.15) is 15.6 Å². The van der Waals surface area contributed by atoms with Gasteiger partial charge in [0.25, 0.3) is 0 Å². The molecule has 0 saturated carbocycles. The molecule has 4 rings (SSSR count). The van der Waals surface area contributed by atoms with Gasteiger partial charge in [-0.05, 0) is 43.2 Å². The molecular weight excluding hydrogens is 777 g/mol. The summed E-state index contributed by atoms with van der Waals surface area (Å²) >= 11 is 0. The van der Waals surface area contributed by atoms with Crippen molar-refractivity contribution in [3.63, 3.8) is 0 Å². The maximum atomic E-state index is 13.1. The Balaban J connectivity index is 1.21. The molecule has 0 aliphatic carbocycles. The van der Waals surface area contributed by atoms with Crippen LogP contribution in [0.25, 0.3) is 5.52 Å². The Labute approximate surface area is 349 Å². The second kappa shape index (κ2) is 25.3. The first-order valence-electron chi connectivity index (χ1n) is 21.2. The van der Waals surface area contributed by atoms with Gasteiger partial charge < -0.3 is 34.1 Å². The Kier molecular flexibility index (Phi) is 20.7. The number of methoxy groups -OCH3 is 1. The van der Waals surface area contributed by atoms with Crippen LogP contribution >= 0.6 is 7.82 Å². The summed E-state index contributed by atoms with van der Waals surface area (Å²) in [5.74, 6) is 0.429. The zero-order valence-electron chi connectivity index (χ0n) is 35.0. The Morgan fingerprint density at radius 3 is 2.17 bits per heavy atom. The molecule has 6 atom stereocenters. The average molecular weight is 842 g/mol. The van der Waals surface area contributed by atoms with Crippen molar-refractivity contribution in [1.82, 2.24) is 14.6 Å². The SMILES string of the molecule is CCCCCCCCCCCCCCCCCCOC[C@H](COP(=O)(O)OC[C@H]1O[C@@](C#N)(c2ccc3c(C)ncnn23)[C@H](O)[C@@H]1O)OCc1ccc(OC)c(C#N)c1. The van der Waals surface area contributed by atoms with Gasteiger partial charge in [0.05, 0.1) is 56.0 Å². The highest BCUT2D eigenvalue weighted by molar-refractivity contribution is 7.47. The minimum atomic E-state index is -4.78. The van der Waals surface area contributed by atoms with Crippen molar-refractivity contribution in [2.45, 2.75) is 153 Å². The minimum Gasteiger partial charge on any atom is -0.495 e. The number of phosphoric ester groups is 1. The quantitative estimate of drug-likeness (QED) is 0.0433. The lowest BCUT2D eigenvalue weighted by Crippen LogP contribution is -2.41. The summed E-state index contributed by atoms with van der Waals surface area (Å²) in [7, 11) is -3.30. The topological polar surface area (TPSA) is 211 Å². The molecule has 16 heteroatoms. The van der Waals surface area contributed by atoms with Crippen LogP contribution < -0.4 is 4.74 Å². The fraction of sp³-hybridized carbons (Fsp3) is 0.674. The second-order valence-corrected chi connectivity index (χ2v) is 16.8. The fourth-order valence-corrected chi connectivity index (χ4v) is 8.06. The molecule has 1 saturated heterocycles. The molecule has 1 fully saturated rings. The van der Waals surface area contributed by atoms with Crippen LogP contribution in [0.5, 0.6) is 5.75 Å². The summed E-state index contributed by atoms with van der Waals surface area (Å²) < 4.78 is 48.1. The van der Waals surface area contributed by atoms with E-state index >= 15 is 0 Å². The van der Waals surface area contributed by atoms with Gasteiger partial charge in [-0.15, -0.1) is 0 Å². The molecule has 0 radical (unpaired) electrons. The number of unbranched alkanes of at least 4 members (excludes halogenated alkanes) is 15. The molecule has 2 aromatic heterocycles. The van der Waals surface area contributed by atoms with E-state index in [1.54, 1.807) is 31.2 Å². The lowest BCUT2D eigenvalue weighted by atomic mass is 9.92. The average Bonchev–Trinajstić information content (AvgIpc) is 3.79. The number of phosphoric acid groups is 1. The molecule has 1 aliphatic rings. The Hall–Kier alpha value is -3.47. The summed E-state index contributed by atoms with van der Waals surface area (Å²) in [5.41, 5.74) is 0.295. The maximum absolute atomic E-state index is 13.1. The number of hydrogen-bond acceptors (Lipinski definition) is 13. The molecule has 1 aromatic carbocycles. The van der Waals surface area contributed by atoms with E-state index in [9.17, 15) is 30.2 Å². The van der Waals surface area contributed by atoms with Crippen molar-refractivity contribution in [3.05, 3.63) is 59.2 Å². The Bertz CT molecular complexity index is 1830. The predicted octanol–water partition coefficient (Wildman–Crippen LogP) is 7.75. The molecule has 0 spiro atoms. The molecule has 15 nitrogen and oxygen atoms in total. The molecule has 326 valence electrons. The number of hydrogen-bond donors (Lipinski definition) is 3. The van der Waals surface area contributed by atoms with Crippen LogP contribution in [-0.2, 0) is 40.0 Å². The second-order valence-electron chi connectivity index (χ2n) is 15.3. The first-order valence-corrected chi connectivity index (χ1v) is 22.7. The van der Waals surface area contributed by atoms with Gasteiger partial charge in [0.15, 0.2) is 0 Å². The molecule has 3 N–H and O–H groups in total. The third-order valence-electron chi connectivity index (χ3n) is 10.8. The molecule has 0 amide bonds. The zero-order chi connectivity index (χ0) is 42.5. The summed E-state index contributed by atoms with van der Waals surface area (Å²) in [6.07, 6.45) is 16.1. The van der Waals surface area contributed by atoms with Crippen LogP contribution in [-0.4, -0.2) is 87.7 Å². The molecule has 0 bridgehead atoms. The molecule has 3 aromatic rings. The van der Waals surface area contributed by atoms with Crippen molar-refractivity contribution < 1.29 is 47.7 Å². The number of nitriles is 2. The van der Waals surface area contributed by atoms with Crippen molar-refractivity contribution in [2.24, 2.45) is 0 Å². The van der Waals surface area contributed by atoms with Gasteiger partial charge >= 0.3 is 7.82 Å². The van der Waals surface area contributed by atoms with Crippen molar-refractivity contribution in [1.29, 1.82) is 10.5 Å². The standard InChI is InChI=1S/C43H64N5O10P/c1-4-5-6-7-8-9-10-11-12-13-14-15-16-17-18-19-24-54-28-36(55-27-34-20-22-38(53-3)35(25-34)26-44)29-56-59(51,52)57-30-39-41(49)42(50)43(31-45,58-39)40-23-21-37-33(2)46-32-47-48(37)40/h20-23,25,32,36,39,41-42,49-50H,4-19,24,27-30H2,1-3H3,(H,51,52)/t36-,39-,41-,42-,43+/m1/s1. The van der Waals surface area contributed by atoms with Gasteiger partial charge in [0.2, 0.25) is 5.60 Å². The lowest BCUT2D eigenvalue weighted by molar-refractivity contribution is -0.0690. The third kappa shape index (κ3) is 14.6. The van der Waals surface area contributed by atoms with E-state index in [2.05, 4.69) is 23.1 Å². The number of aliphatic hydroxyl groups is 2. The molecule has 3 heterocycles. The molecular formula is C43H64N5O10P. The van der Waals surface area contributed by atoms with Crippen LogP contribution in [0.15, 0.2) is 36.7 Å². The van der Waals surface area contributed by atoms with E-state index in [1.165, 1.54) is 107 Å². The molecule has 59 heavy (non-hydrogen) atoms. The van der Waals surface area contributed by atoms with Gasteiger partial charge in [0, 0.05) is 6.61 Å². The summed E-state index contributed by atoms with van der Waals surface area (Å²) in [4.78, 5) is 14.8. The van der Waals surface area contributed by atoms with Crippen LogP contribution in [0.4, 0.5) is 0 Å². The zero-order valence-corrected chi connectivity index (χ0v) is 35.9. The maximum Gasteiger partial charge on any atom is 0.472 e. The van der Waals surface area contributed by atoms with Crippen LogP contribution in [0.2, 0.25) is 0 Å². The highest BCUT2D eigenvalue weighted by Crippen LogP contribution is 2.46. The predicted molar refractivity (Wildman–Crippen MR) is 220 cm³/mol. The number of aliphatic hydroxyl groups excluding tert-OH is 2. The fourth-order valence-electron chi connectivity index (χ4n) is 7.29.